The molecule has 2 aromatic heterocycles. The second-order valence-corrected chi connectivity index (χ2v) is 8.15. The standard InChI is InChI=1S/C21H22FN3O2S/c1-11-17-12(2)23-13(3)24-21(17)28-19(11)20(26)25-18(16-5-4-10-27-16)14-6-8-15(22)9-7-14/h6-9,16,18H,4-5,10H2,1-3H3,(H,25,26). The van der Waals surface area contributed by atoms with E-state index in [2.05, 4.69) is 15.3 Å². The third kappa shape index (κ3) is 3.52. The normalized spacial score (nSPS) is 17.8. The van der Waals surface area contributed by atoms with Gasteiger partial charge in [0, 0.05) is 17.7 Å². The molecule has 0 radical (unpaired) electrons. The summed E-state index contributed by atoms with van der Waals surface area (Å²) in [6, 6.07) is 5.91. The molecule has 0 aliphatic carbocycles. The first-order valence-electron chi connectivity index (χ1n) is 9.36. The van der Waals surface area contributed by atoms with Crippen molar-refractivity contribution < 1.29 is 13.9 Å². The molecule has 1 aromatic carbocycles. The first kappa shape index (κ1) is 19.0. The van der Waals surface area contributed by atoms with E-state index >= 15 is 0 Å². The summed E-state index contributed by atoms with van der Waals surface area (Å²) in [5, 5.41) is 4.06. The molecule has 7 heteroatoms. The van der Waals surface area contributed by atoms with E-state index in [9.17, 15) is 9.18 Å². The van der Waals surface area contributed by atoms with Gasteiger partial charge in [-0.3, -0.25) is 4.79 Å². The molecule has 5 nitrogen and oxygen atoms in total. The molecule has 1 amide bonds. The van der Waals surface area contributed by atoms with Crippen molar-refractivity contribution in [3.63, 3.8) is 0 Å². The van der Waals surface area contributed by atoms with Crippen LogP contribution >= 0.6 is 11.3 Å². The van der Waals surface area contributed by atoms with Gasteiger partial charge in [-0.15, -0.1) is 11.3 Å². The number of thiophene rings is 1. The zero-order chi connectivity index (χ0) is 19.8. The van der Waals surface area contributed by atoms with Gasteiger partial charge in [0.25, 0.3) is 5.91 Å². The van der Waals surface area contributed by atoms with Crippen molar-refractivity contribution in [2.75, 3.05) is 6.61 Å². The van der Waals surface area contributed by atoms with E-state index in [0.29, 0.717) is 17.3 Å². The number of amides is 1. The number of nitrogens with one attached hydrogen (secondary N) is 1. The van der Waals surface area contributed by atoms with Crippen LogP contribution in [0.25, 0.3) is 10.2 Å². The van der Waals surface area contributed by atoms with Crippen molar-refractivity contribution in [1.29, 1.82) is 0 Å². The predicted octanol–water partition coefficient (Wildman–Crippen LogP) is 4.41. The lowest BCUT2D eigenvalue weighted by Gasteiger charge is -2.24. The van der Waals surface area contributed by atoms with E-state index in [0.717, 1.165) is 39.9 Å². The monoisotopic (exact) mass is 399 g/mol. The van der Waals surface area contributed by atoms with E-state index in [4.69, 9.17) is 4.74 Å². The predicted molar refractivity (Wildman–Crippen MR) is 107 cm³/mol. The molecule has 3 heterocycles. The minimum absolute atomic E-state index is 0.118. The SMILES string of the molecule is Cc1nc(C)c2c(C)c(C(=O)NC(c3ccc(F)cc3)C3CCCO3)sc2n1. The average Bonchev–Trinajstić information content (AvgIpc) is 3.28. The van der Waals surface area contributed by atoms with Gasteiger partial charge < -0.3 is 10.1 Å². The lowest BCUT2D eigenvalue weighted by Crippen LogP contribution is -2.36. The Bertz CT molecular complexity index is 1030. The first-order valence-corrected chi connectivity index (χ1v) is 10.2. The zero-order valence-corrected chi connectivity index (χ0v) is 16.9. The number of carbonyl (C=O) groups is 1. The van der Waals surface area contributed by atoms with Gasteiger partial charge in [-0.05, 0) is 56.9 Å². The Balaban J connectivity index is 1.68. The number of ether oxygens (including phenoxy) is 1. The highest BCUT2D eigenvalue weighted by Crippen LogP contribution is 2.33. The van der Waals surface area contributed by atoms with E-state index in [1.165, 1.54) is 23.5 Å². The highest BCUT2D eigenvalue weighted by molar-refractivity contribution is 7.20. The number of halogens is 1. The van der Waals surface area contributed by atoms with Crippen LogP contribution in [-0.4, -0.2) is 28.6 Å². The maximum absolute atomic E-state index is 13.4. The second-order valence-electron chi connectivity index (χ2n) is 7.15. The number of hydrogen-bond donors (Lipinski definition) is 1. The molecule has 1 N–H and O–H groups in total. The van der Waals surface area contributed by atoms with Crippen LogP contribution in [0, 0.1) is 26.6 Å². The Morgan fingerprint density at radius 3 is 2.68 bits per heavy atom. The number of aryl methyl sites for hydroxylation is 3. The highest BCUT2D eigenvalue weighted by atomic mass is 32.1. The molecule has 1 aliphatic heterocycles. The van der Waals surface area contributed by atoms with Crippen LogP contribution in [0.4, 0.5) is 4.39 Å². The van der Waals surface area contributed by atoms with Crippen molar-refractivity contribution in [2.45, 2.75) is 45.8 Å². The van der Waals surface area contributed by atoms with Crippen LogP contribution in [0.5, 0.6) is 0 Å². The van der Waals surface area contributed by atoms with Crippen LogP contribution in [0.15, 0.2) is 24.3 Å². The summed E-state index contributed by atoms with van der Waals surface area (Å²) in [5.41, 5.74) is 2.61. The maximum Gasteiger partial charge on any atom is 0.262 e. The average molecular weight is 399 g/mol. The lowest BCUT2D eigenvalue weighted by atomic mass is 9.99. The van der Waals surface area contributed by atoms with Gasteiger partial charge in [0.2, 0.25) is 0 Å². The van der Waals surface area contributed by atoms with Crippen LogP contribution in [0.2, 0.25) is 0 Å². The van der Waals surface area contributed by atoms with E-state index < -0.39 is 0 Å². The van der Waals surface area contributed by atoms with Gasteiger partial charge in [-0.1, -0.05) is 12.1 Å². The number of fused-ring (bicyclic) bond motifs is 1. The molecule has 3 aromatic rings. The number of nitrogens with zero attached hydrogens (tertiary/aromatic N) is 2. The summed E-state index contributed by atoms with van der Waals surface area (Å²) in [6.07, 6.45) is 1.69. The summed E-state index contributed by atoms with van der Waals surface area (Å²) in [6.45, 7) is 6.39. The van der Waals surface area contributed by atoms with Crippen molar-refractivity contribution in [3.05, 3.63) is 57.6 Å². The van der Waals surface area contributed by atoms with Crippen molar-refractivity contribution in [2.24, 2.45) is 0 Å². The number of aromatic nitrogens is 2. The topological polar surface area (TPSA) is 64.1 Å². The Kier molecular flexibility index (Phi) is 5.12. The maximum atomic E-state index is 13.4. The second kappa shape index (κ2) is 7.56. The Hall–Kier alpha value is -2.38. The van der Waals surface area contributed by atoms with Crippen LogP contribution in [0.1, 0.15) is 51.2 Å². The van der Waals surface area contributed by atoms with Gasteiger partial charge in [0.15, 0.2) is 0 Å². The number of hydrogen-bond acceptors (Lipinski definition) is 5. The van der Waals surface area contributed by atoms with Crippen LogP contribution in [0.3, 0.4) is 0 Å². The molecule has 1 saturated heterocycles. The molecule has 2 atom stereocenters. The third-order valence-electron chi connectivity index (χ3n) is 5.14. The fraction of sp³-hybridized carbons (Fsp3) is 0.381. The molecule has 0 bridgehead atoms. The van der Waals surface area contributed by atoms with Gasteiger partial charge in [-0.2, -0.15) is 0 Å². The Morgan fingerprint density at radius 1 is 1.25 bits per heavy atom. The van der Waals surface area contributed by atoms with Gasteiger partial charge in [-0.25, -0.2) is 14.4 Å². The summed E-state index contributed by atoms with van der Waals surface area (Å²) < 4.78 is 19.2. The molecule has 2 unspecified atom stereocenters. The van der Waals surface area contributed by atoms with E-state index in [-0.39, 0.29) is 23.9 Å². The van der Waals surface area contributed by atoms with Crippen molar-refractivity contribution in [1.82, 2.24) is 15.3 Å². The molecule has 28 heavy (non-hydrogen) atoms. The number of rotatable bonds is 4. The van der Waals surface area contributed by atoms with Gasteiger partial charge >= 0.3 is 0 Å². The number of benzene rings is 1. The molecule has 1 aliphatic rings. The van der Waals surface area contributed by atoms with Crippen molar-refractivity contribution >= 4 is 27.5 Å². The molecular formula is C21H22FN3O2S. The smallest absolute Gasteiger partial charge is 0.262 e. The summed E-state index contributed by atoms with van der Waals surface area (Å²) in [7, 11) is 0. The van der Waals surface area contributed by atoms with E-state index in [1.807, 2.05) is 20.8 Å². The lowest BCUT2D eigenvalue weighted by molar-refractivity contribution is 0.0674. The first-order chi connectivity index (χ1) is 13.4. The minimum atomic E-state index is -0.325. The largest absolute Gasteiger partial charge is 0.376 e. The summed E-state index contributed by atoms with van der Waals surface area (Å²) in [5.74, 6) is 0.232. The summed E-state index contributed by atoms with van der Waals surface area (Å²) in [4.78, 5) is 23.5. The summed E-state index contributed by atoms with van der Waals surface area (Å²) >= 11 is 1.38. The fourth-order valence-corrected chi connectivity index (χ4v) is 5.00. The quantitative estimate of drug-likeness (QED) is 0.706. The molecule has 1 fully saturated rings. The molecule has 0 saturated carbocycles. The molecular weight excluding hydrogens is 377 g/mol. The van der Waals surface area contributed by atoms with E-state index in [1.54, 1.807) is 12.1 Å². The minimum Gasteiger partial charge on any atom is -0.376 e. The molecule has 146 valence electrons. The Morgan fingerprint density at radius 2 is 2.00 bits per heavy atom. The Labute approximate surface area is 167 Å². The van der Waals surface area contributed by atoms with Gasteiger partial charge in [0.1, 0.15) is 16.5 Å². The van der Waals surface area contributed by atoms with Crippen molar-refractivity contribution in [3.8, 4) is 0 Å². The zero-order valence-electron chi connectivity index (χ0n) is 16.1. The molecule has 4 rings (SSSR count). The van der Waals surface area contributed by atoms with Gasteiger partial charge in [0.05, 0.1) is 17.0 Å². The molecule has 0 spiro atoms. The van der Waals surface area contributed by atoms with Crippen LogP contribution in [-0.2, 0) is 4.74 Å². The van der Waals surface area contributed by atoms with Crippen LogP contribution < -0.4 is 5.32 Å². The third-order valence-corrected chi connectivity index (χ3v) is 6.33. The number of carbonyl (C=O) groups excluding carboxylic acids is 1. The fourth-order valence-electron chi connectivity index (χ4n) is 3.82. The highest BCUT2D eigenvalue weighted by Gasteiger charge is 2.30.